The van der Waals surface area contributed by atoms with Gasteiger partial charge in [-0.15, -0.1) is 0 Å². The van der Waals surface area contributed by atoms with E-state index in [9.17, 15) is 9.59 Å². The molecule has 1 saturated heterocycles. The van der Waals surface area contributed by atoms with Gasteiger partial charge in [0.05, 0.1) is 0 Å². The van der Waals surface area contributed by atoms with Crippen molar-refractivity contribution in [1.29, 1.82) is 0 Å². The Hall–Kier alpha value is -1.30. The number of hydrogen-bond acceptors (Lipinski definition) is 3. The first-order chi connectivity index (χ1) is 11.4. The molecule has 3 amide bonds. The Morgan fingerprint density at radius 2 is 1.71 bits per heavy atom. The second-order valence-corrected chi connectivity index (χ2v) is 7.85. The van der Waals surface area contributed by atoms with Gasteiger partial charge in [-0.2, -0.15) is 0 Å². The monoisotopic (exact) mass is 338 g/mol. The van der Waals surface area contributed by atoms with E-state index in [1.165, 1.54) is 12.8 Å². The third-order valence-electron chi connectivity index (χ3n) is 5.57. The second-order valence-electron chi connectivity index (χ2n) is 7.85. The average Bonchev–Trinajstić information content (AvgIpc) is 2.55. The van der Waals surface area contributed by atoms with Gasteiger partial charge >= 0.3 is 6.03 Å². The molecule has 0 bridgehead atoms. The third-order valence-corrected chi connectivity index (χ3v) is 5.57. The van der Waals surface area contributed by atoms with Crippen molar-refractivity contribution in [2.45, 2.75) is 57.0 Å². The zero-order chi connectivity index (χ0) is 17.7. The molecule has 2 atom stereocenters. The van der Waals surface area contributed by atoms with Crippen LogP contribution in [0.3, 0.4) is 0 Å². The van der Waals surface area contributed by atoms with E-state index < -0.39 is 0 Å². The van der Waals surface area contributed by atoms with Crippen molar-refractivity contribution >= 4 is 11.9 Å². The first kappa shape index (κ1) is 19.0. The molecule has 0 spiro atoms. The van der Waals surface area contributed by atoms with E-state index in [0.717, 1.165) is 38.8 Å². The summed E-state index contributed by atoms with van der Waals surface area (Å²) in [6.07, 6.45) is 7.01. The molecule has 0 aromatic carbocycles. The fourth-order valence-electron chi connectivity index (χ4n) is 3.80. The van der Waals surface area contributed by atoms with Crippen molar-refractivity contribution in [3.8, 4) is 0 Å². The summed E-state index contributed by atoms with van der Waals surface area (Å²) in [5.74, 6) is 0.603. The lowest BCUT2D eigenvalue weighted by atomic mass is 9.90. The van der Waals surface area contributed by atoms with Crippen molar-refractivity contribution in [2.24, 2.45) is 5.92 Å². The molecule has 1 saturated carbocycles. The van der Waals surface area contributed by atoms with Gasteiger partial charge in [-0.05, 0) is 58.5 Å². The van der Waals surface area contributed by atoms with Crippen LogP contribution >= 0.6 is 0 Å². The number of nitrogens with zero attached hydrogens (tertiary/aromatic N) is 3. The second kappa shape index (κ2) is 8.70. The Bertz CT molecular complexity index is 431. The highest BCUT2D eigenvalue weighted by atomic mass is 16.2. The summed E-state index contributed by atoms with van der Waals surface area (Å²) in [7, 11) is 7.84. The van der Waals surface area contributed by atoms with Crippen LogP contribution in [0.1, 0.15) is 44.9 Å². The summed E-state index contributed by atoms with van der Waals surface area (Å²) in [6.45, 7) is 1.53. The number of hydrogen-bond donors (Lipinski definition) is 1. The summed E-state index contributed by atoms with van der Waals surface area (Å²) in [6, 6.07) is 0.954. The Morgan fingerprint density at radius 3 is 2.29 bits per heavy atom. The maximum Gasteiger partial charge on any atom is 0.317 e. The van der Waals surface area contributed by atoms with Crippen molar-refractivity contribution in [3.05, 3.63) is 0 Å². The van der Waals surface area contributed by atoms with Gasteiger partial charge < -0.3 is 20.0 Å². The summed E-state index contributed by atoms with van der Waals surface area (Å²) in [4.78, 5) is 30.2. The fraction of sp³-hybridized carbons (Fsp3) is 0.889. The van der Waals surface area contributed by atoms with Crippen LogP contribution in [0.4, 0.5) is 4.79 Å². The number of piperidine rings is 1. The number of urea groups is 1. The summed E-state index contributed by atoms with van der Waals surface area (Å²) < 4.78 is 0. The Labute approximate surface area is 146 Å². The lowest BCUT2D eigenvalue weighted by Gasteiger charge is -2.36. The summed E-state index contributed by atoms with van der Waals surface area (Å²) in [5, 5.41) is 3.23. The van der Waals surface area contributed by atoms with Crippen LogP contribution in [0.5, 0.6) is 0 Å². The van der Waals surface area contributed by atoms with Gasteiger partial charge in [-0.25, -0.2) is 4.79 Å². The zero-order valence-electron chi connectivity index (χ0n) is 15.8. The molecular weight excluding hydrogens is 304 g/mol. The van der Waals surface area contributed by atoms with E-state index in [0.29, 0.717) is 24.4 Å². The molecule has 0 aromatic heterocycles. The molecular formula is C18H34N4O2. The van der Waals surface area contributed by atoms with Crippen LogP contribution < -0.4 is 5.32 Å². The molecule has 2 rings (SSSR count). The summed E-state index contributed by atoms with van der Waals surface area (Å²) >= 11 is 0. The van der Waals surface area contributed by atoms with Crippen molar-refractivity contribution in [3.63, 3.8) is 0 Å². The molecule has 2 fully saturated rings. The third kappa shape index (κ3) is 5.36. The van der Waals surface area contributed by atoms with E-state index in [1.807, 2.05) is 4.90 Å². The number of likely N-dealkylation sites (tertiary alicyclic amines) is 1. The number of amides is 3. The molecule has 1 aliphatic carbocycles. The van der Waals surface area contributed by atoms with Gasteiger partial charge in [0.2, 0.25) is 5.91 Å². The minimum Gasteiger partial charge on any atom is -0.349 e. The highest BCUT2D eigenvalue weighted by molar-refractivity contribution is 5.76. The van der Waals surface area contributed by atoms with E-state index in [2.05, 4.69) is 24.3 Å². The predicted molar refractivity (Wildman–Crippen MR) is 95.9 cm³/mol. The van der Waals surface area contributed by atoms with Gasteiger partial charge in [-0.3, -0.25) is 4.79 Å². The van der Waals surface area contributed by atoms with Crippen LogP contribution in [0.25, 0.3) is 0 Å². The van der Waals surface area contributed by atoms with Crippen molar-refractivity contribution < 1.29 is 9.59 Å². The molecule has 1 heterocycles. The standard InChI is InChI=1S/C18H34N4O2/c1-20(2)16-7-5-6-15(13-16)19-18(24)22-10-8-14(9-11-22)12-17(23)21(3)4/h14-16H,5-13H2,1-4H3,(H,19,24)/t15-,16+/m0/s1. The van der Waals surface area contributed by atoms with Crippen LogP contribution in [-0.4, -0.2) is 80.0 Å². The number of carbonyl (C=O) groups excluding carboxylic acids is 2. The van der Waals surface area contributed by atoms with E-state index in [1.54, 1.807) is 19.0 Å². The highest BCUT2D eigenvalue weighted by Gasteiger charge is 2.28. The minimum absolute atomic E-state index is 0.0804. The average molecular weight is 338 g/mol. The van der Waals surface area contributed by atoms with Crippen LogP contribution in [0.15, 0.2) is 0 Å². The lowest BCUT2D eigenvalue weighted by molar-refractivity contribution is -0.129. The Kier molecular flexibility index (Phi) is 6.90. The number of rotatable bonds is 4. The van der Waals surface area contributed by atoms with E-state index >= 15 is 0 Å². The molecule has 24 heavy (non-hydrogen) atoms. The number of nitrogens with one attached hydrogen (secondary N) is 1. The molecule has 6 nitrogen and oxygen atoms in total. The molecule has 2 aliphatic rings. The largest absolute Gasteiger partial charge is 0.349 e. The summed E-state index contributed by atoms with van der Waals surface area (Å²) in [5.41, 5.74) is 0. The molecule has 1 N–H and O–H groups in total. The van der Waals surface area contributed by atoms with Crippen molar-refractivity contribution in [1.82, 2.24) is 20.0 Å². The highest BCUT2D eigenvalue weighted by Crippen LogP contribution is 2.23. The molecule has 0 unspecified atom stereocenters. The van der Waals surface area contributed by atoms with Gasteiger partial charge in [-0.1, -0.05) is 0 Å². The van der Waals surface area contributed by atoms with Crippen LogP contribution in [-0.2, 0) is 4.79 Å². The van der Waals surface area contributed by atoms with Crippen molar-refractivity contribution in [2.75, 3.05) is 41.3 Å². The normalized spacial score (nSPS) is 25.6. The number of carbonyl (C=O) groups is 2. The quantitative estimate of drug-likeness (QED) is 0.850. The maximum atomic E-state index is 12.5. The molecule has 6 heteroatoms. The Morgan fingerprint density at radius 1 is 1.04 bits per heavy atom. The SMILES string of the molecule is CN(C)C(=O)CC1CCN(C(=O)N[C@H]2CCC[C@@H](N(C)C)C2)CC1. The van der Waals surface area contributed by atoms with Crippen LogP contribution in [0.2, 0.25) is 0 Å². The first-order valence-corrected chi connectivity index (χ1v) is 9.28. The fourth-order valence-corrected chi connectivity index (χ4v) is 3.80. The minimum atomic E-state index is 0.0804. The molecule has 1 aliphatic heterocycles. The first-order valence-electron chi connectivity index (χ1n) is 9.28. The van der Waals surface area contributed by atoms with E-state index in [-0.39, 0.29) is 11.9 Å². The Balaban J connectivity index is 1.73. The molecule has 138 valence electrons. The molecule has 0 aromatic rings. The zero-order valence-corrected chi connectivity index (χ0v) is 15.8. The molecule has 0 radical (unpaired) electrons. The predicted octanol–water partition coefficient (Wildman–Crippen LogP) is 1.76. The van der Waals surface area contributed by atoms with Gasteiger partial charge in [0.1, 0.15) is 0 Å². The van der Waals surface area contributed by atoms with Gasteiger partial charge in [0.15, 0.2) is 0 Å². The topological polar surface area (TPSA) is 55.9 Å². The lowest BCUT2D eigenvalue weighted by Crippen LogP contribution is -2.50. The maximum absolute atomic E-state index is 12.5. The smallest absolute Gasteiger partial charge is 0.317 e. The van der Waals surface area contributed by atoms with Gasteiger partial charge in [0.25, 0.3) is 0 Å². The van der Waals surface area contributed by atoms with Gasteiger partial charge in [0, 0.05) is 45.7 Å². The van der Waals surface area contributed by atoms with E-state index in [4.69, 9.17) is 0 Å². The van der Waals surface area contributed by atoms with Crippen LogP contribution in [0, 0.1) is 5.92 Å².